The molecule has 3 atom stereocenters. The van der Waals surface area contributed by atoms with E-state index in [1.807, 2.05) is 30.5 Å². The van der Waals surface area contributed by atoms with Crippen LogP contribution in [0, 0.1) is 11.8 Å². The summed E-state index contributed by atoms with van der Waals surface area (Å²) in [6.07, 6.45) is 7.30. The largest absolute Gasteiger partial charge is 0.350 e. The Hall–Kier alpha value is -2.35. The van der Waals surface area contributed by atoms with Crippen molar-refractivity contribution in [3.05, 3.63) is 29.8 Å². The summed E-state index contributed by atoms with van der Waals surface area (Å²) in [5.41, 5.74) is 1.78. The number of fused-ring (bicyclic) bond motifs is 1. The smallest absolute Gasteiger partial charge is 0.243 e. The average molecular weight is 458 g/mol. The Kier molecular flexibility index (Phi) is 7.18. The highest BCUT2D eigenvalue weighted by Crippen LogP contribution is 2.39. The first-order valence-electron chi connectivity index (χ1n) is 11.5. The van der Waals surface area contributed by atoms with Gasteiger partial charge in [-0.2, -0.15) is 11.8 Å². The topological polar surface area (TPSA) is 86.8 Å². The van der Waals surface area contributed by atoms with Crippen LogP contribution in [0.15, 0.2) is 24.3 Å². The Bertz CT molecular complexity index is 864. The van der Waals surface area contributed by atoms with Crippen LogP contribution in [0.3, 0.4) is 0 Å². The van der Waals surface area contributed by atoms with Crippen LogP contribution >= 0.6 is 11.8 Å². The van der Waals surface area contributed by atoms with Gasteiger partial charge in [-0.15, -0.1) is 0 Å². The highest BCUT2D eigenvalue weighted by atomic mass is 32.2. The fraction of sp³-hybridized carbons (Fsp3) is 0.583. The minimum atomic E-state index is -0.755. The Morgan fingerprint density at radius 3 is 2.28 bits per heavy atom. The molecule has 4 amide bonds. The lowest BCUT2D eigenvalue weighted by molar-refractivity contribution is -0.148. The first-order chi connectivity index (χ1) is 15.5. The number of nitrogens with zero attached hydrogens (tertiary/aromatic N) is 2. The molecule has 172 valence electrons. The summed E-state index contributed by atoms with van der Waals surface area (Å²) in [5.74, 6) is -0.269. The van der Waals surface area contributed by atoms with Gasteiger partial charge in [0.2, 0.25) is 23.6 Å². The van der Waals surface area contributed by atoms with Crippen molar-refractivity contribution in [2.24, 2.45) is 11.8 Å². The molecule has 2 heterocycles. The Balaban J connectivity index is 1.41. The van der Waals surface area contributed by atoms with E-state index in [-0.39, 0.29) is 35.5 Å². The van der Waals surface area contributed by atoms with Gasteiger partial charge in [0.25, 0.3) is 0 Å². The minimum absolute atomic E-state index is 0.142. The first-order valence-corrected chi connectivity index (χ1v) is 12.9. The number of benzene rings is 1. The maximum Gasteiger partial charge on any atom is 0.243 e. The number of thioether (sulfide) groups is 1. The monoisotopic (exact) mass is 457 g/mol. The van der Waals surface area contributed by atoms with Crippen molar-refractivity contribution >= 4 is 41.1 Å². The second kappa shape index (κ2) is 10.1. The molecule has 32 heavy (non-hydrogen) atoms. The van der Waals surface area contributed by atoms with Crippen molar-refractivity contribution in [3.8, 4) is 0 Å². The third-order valence-corrected chi connectivity index (χ3v) is 7.52. The molecule has 0 aromatic heterocycles. The summed E-state index contributed by atoms with van der Waals surface area (Å²) in [6.45, 7) is 1.05. The van der Waals surface area contributed by atoms with E-state index >= 15 is 0 Å². The number of hydrogen-bond donors (Lipinski definition) is 1. The van der Waals surface area contributed by atoms with Crippen molar-refractivity contribution in [2.75, 3.05) is 23.5 Å². The van der Waals surface area contributed by atoms with Gasteiger partial charge < -0.3 is 10.2 Å². The maximum atomic E-state index is 13.1. The number of anilines is 1. The van der Waals surface area contributed by atoms with Crippen LogP contribution in [-0.2, 0) is 25.7 Å². The van der Waals surface area contributed by atoms with E-state index in [9.17, 15) is 19.2 Å². The van der Waals surface area contributed by atoms with Gasteiger partial charge in [-0.05, 0) is 55.4 Å². The molecule has 7 nitrogen and oxygen atoms in total. The zero-order valence-corrected chi connectivity index (χ0v) is 19.4. The highest BCUT2D eigenvalue weighted by molar-refractivity contribution is 7.98. The molecule has 1 N–H and O–H groups in total. The number of carbonyl (C=O) groups is 4. The number of hydrogen-bond acceptors (Lipinski definition) is 5. The van der Waals surface area contributed by atoms with E-state index in [4.69, 9.17) is 0 Å². The Morgan fingerprint density at radius 1 is 1.06 bits per heavy atom. The first kappa shape index (κ1) is 22.8. The molecule has 2 saturated heterocycles. The summed E-state index contributed by atoms with van der Waals surface area (Å²) in [4.78, 5) is 54.1. The molecule has 1 aromatic carbocycles. The SMILES string of the molecule is CSCCC(C(=O)NCc1ccc(N2CCCC2=O)cc1)N1C(=O)C2CCCCC2C1=O. The van der Waals surface area contributed by atoms with E-state index in [1.165, 1.54) is 4.90 Å². The van der Waals surface area contributed by atoms with Gasteiger partial charge >= 0.3 is 0 Å². The molecule has 4 rings (SSSR count). The molecular formula is C24H31N3O4S. The van der Waals surface area contributed by atoms with Gasteiger partial charge in [0, 0.05) is 25.2 Å². The predicted molar refractivity (Wildman–Crippen MR) is 124 cm³/mol. The van der Waals surface area contributed by atoms with Crippen molar-refractivity contribution in [3.63, 3.8) is 0 Å². The lowest BCUT2D eigenvalue weighted by Gasteiger charge is -2.26. The molecule has 1 aliphatic carbocycles. The Labute approximate surface area is 193 Å². The second-order valence-corrected chi connectivity index (χ2v) is 9.86. The number of nitrogens with one attached hydrogen (secondary N) is 1. The van der Waals surface area contributed by atoms with Gasteiger partial charge in [-0.25, -0.2) is 0 Å². The summed E-state index contributed by atoms with van der Waals surface area (Å²) in [5, 5.41) is 2.93. The number of likely N-dealkylation sites (tertiary alicyclic amines) is 1. The molecule has 3 fully saturated rings. The van der Waals surface area contributed by atoms with Crippen LogP contribution in [0.2, 0.25) is 0 Å². The van der Waals surface area contributed by atoms with Crippen LogP contribution in [0.4, 0.5) is 5.69 Å². The lowest BCUT2D eigenvalue weighted by Crippen LogP contribution is -2.50. The molecule has 0 radical (unpaired) electrons. The van der Waals surface area contributed by atoms with Crippen LogP contribution in [0.25, 0.3) is 0 Å². The van der Waals surface area contributed by atoms with E-state index in [2.05, 4.69) is 5.32 Å². The molecule has 0 bridgehead atoms. The predicted octanol–water partition coefficient (Wildman–Crippen LogP) is 2.73. The second-order valence-electron chi connectivity index (χ2n) is 8.87. The Morgan fingerprint density at radius 2 is 1.72 bits per heavy atom. The summed E-state index contributed by atoms with van der Waals surface area (Å²) < 4.78 is 0. The summed E-state index contributed by atoms with van der Waals surface area (Å²) in [6, 6.07) is 6.84. The van der Waals surface area contributed by atoms with Gasteiger partial charge in [-0.3, -0.25) is 24.1 Å². The molecule has 3 aliphatic rings. The molecule has 8 heteroatoms. The van der Waals surface area contributed by atoms with E-state index in [1.54, 1.807) is 16.7 Å². The quantitative estimate of drug-likeness (QED) is 0.607. The van der Waals surface area contributed by atoms with Crippen molar-refractivity contribution < 1.29 is 19.2 Å². The summed E-state index contributed by atoms with van der Waals surface area (Å²) >= 11 is 1.60. The average Bonchev–Trinajstić information content (AvgIpc) is 3.35. The van der Waals surface area contributed by atoms with Gasteiger partial charge in [0.15, 0.2) is 0 Å². The van der Waals surface area contributed by atoms with Gasteiger partial charge in [0.1, 0.15) is 6.04 Å². The van der Waals surface area contributed by atoms with Gasteiger partial charge in [0.05, 0.1) is 11.8 Å². The minimum Gasteiger partial charge on any atom is -0.350 e. The summed E-state index contributed by atoms with van der Waals surface area (Å²) in [7, 11) is 0. The van der Waals surface area contributed by atoms with Crippen molar-refractivity contribution in [1.29, 1.82) is 0 Å². The molecule has 3 unspecified atom stereocenters. The fourth-order valence-corrected chi connectivity index (χ4v) is 5.58. The van der Waals surface area contributed by atoms with Crippen LogP contribution in [0.1, 0.15) is 50.5 Å². The third kappa shape index (κ3) is 4.56. The maximum absolute atomic E-state index is 13.1. The molecule has 0 spiro atoms. The van der Waals surface area contributed by atoms with Crippen LogP contribution in [-0.4, -0.2) is 53.1 Å². The molecule has 2 aliphatic heterocycles. The highest BCUT2D eigenvalue weighted by Gasteiger charge is 2.51. The lowest BCUT2D eigenvalue weighted by atomic mass is 9.81. The zero-order chi connectivity index (χ0) is 22.7. The van der Waals surface area contributed by atoms with Crippen molar-refractivity contribution in [2.45, 2.75) is 57.5 Å². The zero-order valence-electron chi connectivity index (χ0n) is 18.5. The molecular weight excluding hydrogens is 426 g/mol. The standard InChI is InChI=1S/C24H31N3O4S/c1-32-14-12-20(27-23(30)18-5-2-3-6-19(18)24(27)31)22(29)25-15-16-8-10-17(11-9-16)26-13-4-7-21(26)28/h8-11,18-20H,2-7,12-15H2,1H3,(H,25,29). The number of imide groups is 1. The molecule has 1 aromatic rings. The van der Waals surface area contributed by atoms with Crippen LogP contribution < -0.4 is 10.2 Å². The van der Waals surface area contributed by atoms with E-state index < -0.39 is 6.04 Å². The number of carbonyl (C=O) groups excluding carboxylic acids is 4. The number of amides is 4. The van der Waals surface area contributed by atoms with Gasteiger partial charge in [-0.1, -0.05) is 25.0 Å². The molecule has 1 saturated carbocycles. The van der Waals surface area contributed by atoms with E-state index in [0.717, 1.165) is 49.9 Å². The number of rotatable bonds is 8. The van der Waals surface area contributed by atoms with Crippen LogP contribution in [0.5, 0.6) is 0 Å². The fourth-order valence-electron chi connectivity index (χ4n) is 5.12. The van der Waals surface area contributed by atoms with E-state index in [0.29, 0.717) is 25.1 Å². The normalized spacial score (nSPS) is 24.1. The van der Waals surface area contributed by atoms with Crippen molar-refractivity contribution in [1.82, 2.24) is 10.2 Å². The third-order valence-electron chi connectivity index (χ3n) is 6.87.